The highest BCUT2D eigenvalue weighted by Crippen LogP contribution is 2.24. The highest BCUT2D eigenvalue weighted by atomic mass is 31.1. The minimum absolute atomic E-state index is 0.184. The van der Waals surface area contributed by atoms with Crippen molar-refractivity contribution in [2.75, 3.05) is 25.5 Å². The van der Waals surface area contributed by atoms with E-state index in [4.69, 9.17) is 9.05 Å². The van der Waals surface area contributed by atoms with Gasteiger partial charge in [0.05, 0.1) is 13.2 Å². The van der Waals surface area contributed by atoms with Crippen LogP contribution in [0, 0.1) is 0 Å². The average Bonchev–Trinajstić information content (AvgIpc) is 2.38. The topological polar surface area (TPSA) is 69.7 Å². The van der Waals surface area contributed by atoms with Gasteiger partial charge in [-0.3, -0.25) is 13.7 Å². The predicted molar refractivity (Wildman–Crippen MR) is 73.6 cm³/mol. The zero-order valence-corrected chi connectivity index (χ0v) is 13.3. The van der Waals surface area contributed by atoms with E-state index >= 15 is 0 Å². The molecule has 0 aliphatic heterocycles. The maximum absolute atomic E-state index is 11.3. The molecule has 0 aromatic heterocycles. The Morgan fingerprint density at radius 1 is 0.722 bits per heavy atom. The van der Waals surface area contributed by atoms with Crippen LogP contribution in [0.5, 0.6) is 0 Å². The van der Waals surface area contributed by atoms with Gasteiger partial charge in [-0.25, -0.2) is 0 Å². The third-order valence-electron chi connectivity index (χ3n) is 2.23. The Morgan fingerprint density at radius 3 is 1.56 bits per heavy atom. The van der Waals surface area contributed by atoms with Crippen LogP contribution in [0.15, 0.2) is 0 Å². The summed E-state index contributed by atoms with van der Waals surface area (Å²) in [6.45, 7) is 0.866. The Morgan fingerprint density at radius 2 is 1.17 bits per heavy atom. The van der Waals surface area contributed by atoms with Crippen LogP contribution in [0.3, 0.4) is 0 Å². The normalized spacial score (nSPS) is 13.1. The number of rotatable bonds is 14. The molecule has 0 atom stereocenters. The van der Waals surface area contributed by atoms with Crippen LogP contribution in [0.2, 0.25) is 0 Å². The molecule has 0 aliphatic rings. The van der Waals surface area contributed by atoms with E-state index in [-0.39, 0.29) is 16.9 Å². The highest BCUT2D eigenvalue weighted by Gasteiger charge is 1.99. The van der Waals surface area contributed by atoms with Gasteiger partial charge in [0, 0.05) is 12.3 Å². The summed E-state index contributed by atoms with van der Waals surface area (Å²) in [6, 6.07) is 0. The molecule has 5 nitrogen and oxygen atoms in total. The van der Waals surface area contributed by atoms with Gasteiger partial charge in [-0.15, -0.1) is 0 Å². The smallest absolute Gasteiger partial charge is 0.311 e. The summed E-state index contributed by atoms with van der Waals surface area (Å²) in [5.74, 6) is 0. The Balaban J connectivity index is 3.17. The molecule has 106 valence electrons. The van der Waals surface area contributed by atoms with Crippen molar-refractivity contribution in [2.24, 2.45) is 0 Å². The molecule has 0 bridgehead atoms. The van der Waals surface area contributed by atoms with Gasteiger partial charge in [-0.2, -0.15) is 0 Å². The molecule has 0 unspecified atom stereocenters. The first-order valence-corrected chi connectivity index (χ1v) is 9.41. The van der Waals surface area contributed by atoms with E-state index in [1.165, 1.54) is 0 Å². The molecule has 0 spiro atoms. The Labute approximate surface area is 112 Å². The molecule has 0 aromatic rings. The van der Waals surface area contributed by atoms with Gasteiger partial charge >= 0.3 is 8.25 Å². The largest absolute Gasteiger partial charge is 0.319 e. The van der Waals surface area contributed by atoms with Crippen LogP contribution in [0.1, 0.15) is 38.5 Å². The van der Waals surface area contributed by atoms with E-state index in [1.807, 2.05) is 0 Å². The molecule has 0 aromatic carbocycles. The molecule has 0 aliphatic carbocycles. The molecule has 0 fully saturated rings. The molecule has 0 N–H and O–H groups in total. The van der Waals surface area contributed by atoms with Crippen LogP contribution in [-0.2, 0) is 22.7 Å². The maximum Gasteiger partial charge on any atom is 0.319 e. The van der Waals surface area contributed by atoms with E-state index in [0.717, 1.165) is 38.5 Å². The summed E-state index contributed by atoms with van der Waals surface area (Å²) in [7, 11) is -1.98. The van der Waals surface area contributed by atoms with Gasteiger partial charge in [0.1, 0.15) is 0 Å². The van der Waals surface area contributed by atoms with Crippen molar-refractivity contribution in [2.45, 2.75) is 38.5 Å². The van der Waals surface area contributed by atoms with Crippen molar-refractivity contribution < 1.29 is 22.7 Å². The quantitative estimate of drug-likeness (QED) is 0.352. The Kier molecular flexibility index (Phi) is 15.7. The molecular weight excluding hydrogens is 293 g/mol. The first-order valence-electron chi connectivity index (χ1n) is 6.19. The van der Waals surface area contributed by atoms with Gasteiger partial charge in [-0.1, -0.05) is 12.8 Å². The van der Waals surface area contributed by atoms with Crippen molar-refractivity contribution in [3.05, 3.63) is 0 Å². The zero-order chi connectivity index (χ0) is 13.5. The molecule has 0 saturated carbocycles. The molecule has 18 heavy (non-hydrogen) atoms. The fraction of sp³-hybridized carbons (Fsp3) is 1.00. The molecule has 0 radical (unpaired) electrons. The van der Waals surface area contributed by atoms with Crippen LogP contribution >= 0.6 is 25.2 Å². The molecule has 0 saturated heterocycles. The first kappa shape index (κ1) is 18.4. The molecule has 0 amide bonds. The summed E-state index contributed by atoms with van der Waals surface area (Å²) < 4.78 is 41.6. The van der Waals surface area contributed by atoms with Crippen molar-refractivity contribution in [3.8, 4) is 0 Å². The van der Waals surface area contributed by atoms with Crippen LogP contribution in [0.25, 0.3) is 0 Å². The Hall–Kier alpha value is 0.350. The molecule has 8 heteroatoms. The van der Waals surface area contributed by atoms with Crippen molar-refractivity contribution in [3.63, 3.8) is 0 Å². The number of hydrogen-bond donors (Lipinski definition) is 0. The first-order chi connectivity index (χ1) is 8.81. The summed E-state index contributed by atoms with van der Waals surface area (Å²) in [5, 5.41) is 0. The minimum Gasteiger partial charge on any atom is -0.311 e. The van der Waals surface area contributed by atoms with Crippen molar-refractivity contribution >= 4 is 25.2 Å². The fourth-order valence-electron chi connectivity index (χ4n) is 1.26. The second kappa shape index (κ2) is 15.4. The highest BCUT2D eigenvalue weighted by molar-refractivity contribution is 7.33. The van der Waals surface area contributed by atoms with E-state index in [2.05, 4.69) is 0 Å². The maximum atomic E-state index is 11.3. The van der Waals surface area contributed by atoms with Gasteiger partial charge < -0.3 is 9.05 Å². The lowest BCUT2D eigenvalue weighted by Gasteiger charge is -2.05. The van der Waals surface area contributed by atoms with Gasteiger partial charge in [0.2, 0.25) is 0 Å². The monoisotopic (exact) mass is 314 g/mol. The summed E-state index contributed by atoms with van der Waals surface area (Å²) in [6.07, 6.45) is 6.64. The third kappa shape index (κ3) is 14.4. The van der Waals surface area contributed by atoms with Crippen LogP contribution in [-0.4, -0.2) is 25.5 Å². The molecular formula is C10H21O5P3. The third-order valence-corrected chi connectivity index (χ3v) is 4.10. The van der Waals surface area contributed by atoms with Crippen LogP contribution < -0.4 is 0 Å². The van der Waals surface area contributed by atoms with E-state index in [0.29, 0.717) is 25.5 Å². The standard InChI is InChI=1S/C10H21O5P3/c11-16-9-5-1-3-7-14-18(13)15-8-4-2-6-10-17-12/h18H,1-10H2. The molecule has 0 heterocycles. The fourth-order valence-corrected chi connectivity index (χ4v) is 2.67. The van der Waals surface area contributed by atoms with E-state index in [9.17, 15) is 13.7 Å². The summed E-state index contributed by atoms with van der Waals surface area (Å²) in [5.41, 5.74) is 0. The lowest BCUT2D eigenvalue weighted by molar-refractivity contribution is 0.219. The lowest BCUT2D eigenvalue weighted by atomic mass is 10.3. The van der Waals surface area contributed by atoms with Gasteiger partial charge in [-0.05, 0) is 25.7 Å². The average molecular weight is 314 g/mol. The summed E-state index contributed by atoms with van der Waals surface area (Å²) >= 11 is 0. The number of unbranched alkanes of at least 4 members (excludes halogenated alkanes) is 4. The lowest BCUT2D eigenvalue weighted by Crippen LogP contribution is -1.92. The predicted octanol–water partition coefficient (Wildman–Crippen LogP) is 4.33. The molecule has 0 rings (SSSR count). The number of hydrogen-bond acceptors (Lipinski definition) is 5. The van der Waals surface area contributed by atoms with Gasteiger partial charge in [0.25, 0.3) is 0 Å². The second-order valence-corrected chi connectivity index (χ2v) is 6.26. The van der Waals surface area contributed by atoms with Gasteiger partial charge in [0.15, 0.2) is 16.9 Å². The zero-order valence-electron chi connectivity index (χ0n) is 10.5. The van der Waals surface area contributed by atoms with Crippen LogP contribution in [0.4, 0.5) is 0 Å². The SMILES string of the molecule is O=PCCCCCO[PH](=O)OCCCCCP=O. The Bertz CT molecular complexity index is 216. The van der Waals surface area contributed by atoms with E-state index in [1.54, 1.807) is 0 Å². The second-order valence-electron chi connectivity index (χ2n) is 3.77. The van der Waals surface area contributed by atoms with Crippen molar-refractivity contribution in [1.82, 2.24) is 0 Å². The minimum atomic E-state index is -2.35. The van der Waals surface area contributed by atoms with E-state index < -0.39 is 8.25 Å². The van der Waals surface area contributed by atoms with Crippen molar-refractivity contribution in [1.29, 1.82) is 0 Å². The summed E-state index contributed by atoms with van der Waals surface area (Å²) in [4.78, 5) is 0.